The van der Waals surface area contributed by atoms with Crippen LogP contribution in [0.25, 0.3) is 0 Å². The highest BCUT2D eigenvalue weighted by atomic mass is 16.5. The second-order valence-electron chi connectivity index (χ2n) is 5.58. The van der Waals surface area contributed by atoms with Crippen molar-refractivity contribution in [2.24, 2.45) is 0 Å². The predicted molar refractivity (Wildman–Crippen MR) is 97.6 cm³/mol. The smallest absolute Gasteiger partial charge is 0.276 e. The molecule has 0 aromatic heterocycles. The molecule has 0 fully saturated rings. The van der Waals surface area contributed by atoms with Gasteiger partial charge in [-0.3, -0.25) is 25.2 Å². The van der Waals surface area contributed by atoms with Crippen LogP contribution < -0.4 is 20.9 Å². The Morgan fingerprint density at radius 3 is 2.15 bits per heavy atom. The number of anilines is 1. The molecule has 3 N–H and O–H groups in total. The quantitative estimate of drug-likeness (QED) is 0.692. The summed E-state index contributed by atoms with van der Waals surface area (Å²) in [5.41, 5.74) is 6.63. The summed E-state index contributed by atoms with van der Waals surface area (Å²) in [6.45, 7) is 3.49. The minimum atomic E-state index is -0.481. The van der Waals surface area contributed by atoms with Crippen molar-refractivity contribution in [1.29, 1.82) is 0 Å². The Hall–Kier alpha value is -3.35. The van der Waals surface area contributed by atoms with Gasteiger partial charge in [-0.15, -0.1) is 0 Å². The van der Waals surface area contributed by atoms with E-state index in [0.29, 0.717) is 23.4 Å². The van der Waals surface area contributed by atoms with E-state index in [2.05, 4.69) is 16.2 Å². The topological polar surface area (TPSA) is 96.5 Å². The normalized spacial score (nSPS) is 9.92. The molecule has 2 rings (SSSR count). The van der Waals surface area contributed by atoms with Gasteiger partial charge in [-0.2, -0.15) is 0 Å². The SMILES string of the molecule is CCC(=O)Nc1ccc(C(=O)NNC(=O)COc2ccc(C)cc2)cc1. The lowest BCUT2D eigenvalue weighted by molar-refractivity contribution is -0.123. The number of ether oxygens (including phenoxy) is 1. The van der Waals surface area contributed by atoms with Crippen LogP contribution in [-0.4, -0.2) is 24.3 Å². The molecule has 0 aliphatic carbocycles. The van der Waals surface area contributed by atoms with Gasteiger partial charge < -0.3 is 10.1 Å². The average Bonchev–Trinajstić information content (AvgIpc) is 2.66. The van der Waals surface area contributed by atoms with E-state index in [4.69, 9.17) is 4.74 Å². The first-order valence-electron chi connectivity index (χ1n) is 8.16. The highest BCUT2D eigenvalue weighted by Gasteiger charge is 2.08. The highest BCUT2D eigenvalue weighted by Crippen LogP contribution is 2.11. The van der Waals surface area contributed by atoms with E-state index in [0.717, 1.165) is 5.56 Å². The standard InChI is InChI=1S/C19H21N3O4/c1-3-17(23)20-15-8-6-14(7-9-15)19(25)22-21-18(24)12-26-16-10-4-13(2)5-11-16/h4-11H,3,12H2,1-2H3,(H,20,23)(H,21,24)(H,22,25). The molecule has 3 amide bonds. The molecule has 0 unspecified atom stereocenters. The van der Waals surface area contributed by atoms with E-state index in [1.165, 1.54) is 0 Å². The fraction of sp³-hybridized carbons (Fsp3) is 0.211. The molecule has 0 heterocycles. The average molecular weight is 355 g/mol. The van der Waals surface area contributed by atoms with Crippen LogP contribution in [0.15, 0.2) is 48.5 Å². The van der Waals surface area contributed by atoms with Gasteiger partial charge in [-0.25, -0.2) is 0 Å². The lowest BCUT2D eigenvalue weighted by Gasteiger charge is -2.09. The molecule has 136 valence electrons. The summed E-state index contributed by atoms with van der Waals surface area (Å²) in [4.78, 5) is 35.0. The first-order chi connectivity index (χ1) is 12.5. The number of carbonyl (C=O) groups excluding carboxylic acids is 3. The Bertz CT molecular complexity index is 770. The van der Waals surface area contributed by atoms with Gasteiger partial charge in [0.1, 0.15) is 5.75 Å². The predicted octanol–water partition coefficient (Wildman–Crippen LogP) is 2.18. The number of hydrogen-bond acceptors (Lipinski definition) is 4. The van der Waals surface area contributed by atoms with Crippen molar-refractivity contribution in [2.45, 2.75) is 20.3 Å². The number of carbonyl (C=O) groups is 3. The van der Waals surface area contributed by atoms with E-state index in [9.17, 15) is 14.4 Å². The van der Waals surface area contributed by atoms with Crippen LogP contribution in [0, 0.1) is 6.92 Å². The zero-order chi connectivity index (χ0) is 18.9. The Morgan fingerprint density at radius 1 is 0.885 bits per heavy atom. The zero-order valence-electron chi connectivity index (χ0n) is 14.7. The third kappa shape index (κ3) is 5.94. The van der Waals surface area contributed by atoms with Crippen LogP contribution in [-0.2, 0) is 9.59 Å². The Morgan fingerprint density at radius 2 is 1.54 bits per heavy atom. The fourth-order valence-corrected chi connectivity index (χ4v) is 1.97. The minimum absolute atomic E-state index is 0.108. The molecule has 0 radical (unpaired) electrons. The lowest BCUT2D eigenvalue weighted by Crippen LogP contribution is -2.43. The summed E-state index contributed by atoms with van der Waals surface area (Å²) >= 11 is 0. The van der Waals surface area contributed by atoms with Gasteiger partial charge in [0.15, 0.2) is 6.61 Å². The van der Waals surface area contributed by atoms with E-state index >= 15 is 0 Å². The highest BCUT2D eigenvalue weighted by molar-refractivity contribution is 5.96. The van der Waals surface area contributed by atoms with Crippen molar-refractivity contribution in [2.75, 3.05) is 11.9 Å². The van der Waals surface area contributed by atoms with Crippen LogP contribution in [0.4, 0.5) is 5.69 Å². The zero-order valence-corrected chi connectivity index (χ0v) is 14.7. The fourth-order valence-electron chi connectivity index (χ4n) is 1.97. The monoisotopic (exact) mass is 355 g/mol. The summed E-state index contributed by atoms with van der Waals surface area (Å²) in [6.07, 6.45) is 0.374. The molecule has 0 saturated carbocycles. The molecule has 2 aromatic carbocycles. The van der Waals surface area contributed by atoms with E-state index in [-0.39, 0.29) is 12.5 Å². The molecule has 0 bridgehead atoms. The second-order valence-corrected chi connectivity index (χ2v) is 5.58. The molecule has 0 atom stereocenters. The summed E-state index contributed by atoms with van der Waals surface area (Å²) in [7, 11) is 0. The summed E-state index contributed by atoms with van der Waals surface area (Å²) in [5, 5.41) is 2.69. The van der Waals surface area contributed by atoms with Gasteiger partial charge >= 0.3 is 0 Å². The molecule has 7 nitrogen and oxygen atoms in total. The van der Waals surface area contributed by atoms with Crippen LogP contribution in [0.2, 0.25) is 0 Å². The third-order valence-corrected chi connectivity index (χ3v) is 3.46. The Balaban J connectivity index is 1.77. The van der Waals surface area contributed by atoms with Crippen LogP contribution in [0.1, 0.15) is 29.3 Å². The van der Waals surface area contributed by atoms with Crippen LogP contribution in [0.5, 0.6) is 5.75 Å². The summed E-state index contributed by atoms with van der Waals surface area (Å²) in [5.74, 6) is -0.488. The number of hydrogen-bond donors (Lipinski definition) is 3. The first kappa shape index (κ1) is 19.0. The maximum atomic E-state index is 12.0. The first-order valence-corrected chi connectivity index (χ1v) is 8.16. The summed E-state index contributed by atoms with van der Waals surface area (Å²) in [6, 6.07) is 13.6. The summed E-state index contributed by atoms with van der Waals surface area (Å²) < 4.78 is 5.32. The molecular weight excluding hydrogens is 334 g/mol. The molecule has 0 aliphatic heterocycles. The third-order valence-electron chi connectivity index (χ3n) is 3.46. The maximum Gasteiger partial charge on any atom is 0.276 e. The van der Waals surface area contributed by atoms with Gasteiger partial charge in [-0.1, -0.05) is 24.6 Å². The molecule has 0 saturated heterocycles. The molecule has 0 aliphatic rings. The Kier molecular flexibility index (Phi) is 6.73. The van der Waals surface area contributed by atoms with Crippen LogP contribution >= 0.6 is 0 Å². The number of benzene rings is 2. The van der Waals surface area contributed by atoms with Crippen molar-refractivity contribution < 1.29 is 19.1 Å². The number of amides is 3. The van der Waals surface area contributed by atoms with Crippen LogP contribution in [0.3, 0.4) is 0 Å². The van der Waals surface area contributed by atoms with Crippen molar-refractivity contribution in [1.82, 2.24) is 10.9 Å². The number of hydrazine groups is 1. The number of rotatable bonds is 6. The van der Waals surface area contributed by atoms with Crippen molar-refractivity contribution in [3.8, 4) is 5.75 Å². The molecule has 2 aromatic rings. The second kappa shape index (κ2) is 9.22. The lowest BCUT2D eigenvalue weighted by atomic mass is 10.2. The number of nitrogens with one attached hydrogen (secondary N) is 3. The van der Waals surface area contributed by atoms with Gasteiger partial charge in [0.25, 0.3) is 11.8 Å². The van der Waals surface area contributed by atoms with Gasteiger partial charge in [0.2, 0.25) is 5.91 Å². The van der Waals surface area contributed by atoms with E-state index in [1.807, 2.05) is 19.1 Å². The molecule has 26 heavy (non-hydrogen) atoms. The van der Waals surface area contributed by atoms with E-state index < -0.39 is 11.8 Å². The van der Waals surface area contributed by atoms with Crippen molar-refractivity contribution in [3.63, 3.8) is 0 Å². The largest absolute Gasteiger partial charge is 0.484 e. The molecular formula is C19H21N3O4. The van der Waals surface area contributed by atoms with Gasteiger partial charge in [0.05, 0.1) is 0 Å². The molecule has 7 heteroatoms. The van der Waals surface area contributed by atoms with E-state index in [1.54, 1.807) is 43.3 Å². The maximum absolute atomic E-state index is 12.0. The van der Waals surface area contributed by atoms with Gasteiger partial charge in [-0.05, 0) is 43.3 Å². The Labute approximate surface area is 151 Å². The van der Waals surface area contributed by atoms with Gasteiger partial charge in [0, 0.05) is 17.7 Å². The molecule has 0 spiro atoms. The minimum Gasteiger partial charge on any atom is -0.484 e. The van der Waals surface area contributed by atoms with Crippen molar-refractivity contribution in [3.05, 3.63) is 59.7 Å². The number of aryl methyl sites for hydroxylation is 1. The van der Waals surface area contributed by atoms with Crippen molar-refractivity contribution >= 4 is 23.4 Å².